The van der Waals surface area contributed by atoms with Crippen LogP contribution in [-0.4, -0.2) is 22.8 Å². The van der Waals surface area contributed by atoms with Gasteiger partial charge in [0.2, 0.25) is 10.2 Å². The maximum absolute atomic E-state index is 13.0. The molecule has 0 radical (unpaired) electrons. The highest BCUT2D eigenvalue weighted by atomic mass is 32.2. The molecule has 0 unspecified atom stereocenters. The van der Waals surface area contributed by atoms with Crippen LogP contribution in [0.4, 0.5) is 0 Å². The summed E-state index contributed by atoms with van der Waals surface area (Å²) in [5.41, 5.74) is -0.208. The van der Waals surface area contributed by atoms with Crippen LogP contribution in [0, 0.1) is 16.1 Å². The van der Waals surface area contributed by atoms with Crippen molar-refractivity contribution in [3.8, 4) is 6.07 Å². The summed E-state index contributed by atoms with van der Waals surface area (Å²) in [6.07, 6.45) is 0.780. The zero-order chi connectivity index (χ0) is 20.6. The first-order valence-electron chi connectivity index (χ1n) is 8.20. The molecule has 2 rings (SSSR count). The number of nitrogens with zero attached hydrogens (tertiary/aromatic N) is 2. The van der Waals surface area contributed by atoms with Crippen LogP contribution in [-0.2, 0) is 19.2 Å². The lowest BCUT2D eigenvalue weighted by atomic mass is 10.2. The minimum atomic E-state index is -3.69. The van der Waals surface area contributed by atoms with E-state index in [4.69, 9.17) is 14.8 Å². The van der Waals surface area contributed by atoms with Crippen LogP contribution in [0.25, 0.3) is 0 Å². The number of benzene rings is 2. The maximum atomic E-state index is 13.0. The molecule has 142 valence electrons. The lowest BCUT2D eigenvalue weighted by molar-refractivity contribution is -0.138. The number of ether oxygens (including phenoxy) is 1. The molecule has 0 aliphatic rings. The molecule has 7 nitrogen and oxygen atoms in total. The molecule has 0 aliphatic heterocycles. The number of carbonyl (C=O) groups is 3. The fraction of sp³-hybridized carbons (Fsp3) is 0.100. The van der Waals surface area contributed by atoms with Crippen LogP contribution in [0.2, 0.25) is 0 Å². The van der Waals surface area contributed by atoms with Gasteiger partial charge in [0, 0.05) is 11.1 Å². The standard InChI is InChI=1S/C20H17N3O4S/c1-2-27-18(24)17(13-21)14-23-28(22,19(25)15-9-5-3-6-10-15)20(26)16-11-7-4-8-12-16/h3-12,14,22H,2H2,1H3/b17-14-. The van der Waals surface area contributed by atoms with Crippen LogP contribution in [0.5, 0.6) is 0 Å². The highest BCUT2D eigenvalue weighted by Gasteiger charge is 2.27. The van der Waals surface area contributed by atoms with Gasteiger partial charge in [-0.1, -0.05) is 60.7 Å². The van der Waals surface area contributed by atoms with Crippen molar-refractivity contribution < 1.29 is 19.1 Å². The quantitative estimate of drug-likeness (QED) is 0.470. The normalized spacial score (nSPS) is 11.2. The Morgan fingerprint density at radius 3 is 1.89 bits per heavy atom. The summed E-state index contributed by atoms with van der Waals surface area (Å²) in [6, 6.07) is 17.4. The number of esters is 1. The second-order valence-electron chi connectivity index (χ2n) is 5.37. The van der Waals surface area contributed by atoms with E-state index in [0.717, 1.165) is 6.20 Å². The number of nitrogens with one attached hydrogen (secondary N) is 1. The molecular formula is C20H17N3O4S. The van der Waals surface area contributed by atoms with Gasteiger partial charge >= 0.3 is 5.97 Å². The molecule has 0 heterocycles. The lowest BCUT2D eigenvalue weighted by Crippen LogP contribution is -2.23. The van der Waals surface area contributed by atoms with Crippen molar-refractivity contribution in [2.24, 2.45) is 4.36 Å². The van der Waals surface area contributed by atoms with Gasteiger partial charge in [-0.3, -0.25) is 14.4 Å². The van der Waals surface area contributed by atoms with Gasteiger partial charge in [0.15, 0.2) is 5.57 Å². The predicted molar refractivity (Wildman–Crippen MR) is 104 cm³/mol. The minimum Gasteiger partial charge on any atom is -0.462 e. The third-order valence-corrected chi connectivity index (χ3v) is 5.48. The van der Waals surface area contributed by atoms with Crippen molar-refractivity contribution in [1.29, 1.82) is 10.0 Å². The van der Waals surface area contributed by atoms with E-state index in [1.165, 1.54) is 24.3 Å². The molecular weight excluding hydrogens is 378 g/mol. The van der Waals surface area contributed by atoms with Gasteiger partial charge in [0.1, 0.15) is 6.07 Å². The molecule has 0 fully saturated rings. The van der Waals surface area contributed by atoms with Crippen molar-refractivity contribution in [2.75, 3.05) is 6.61 Å². The van der Waals surface area contributed by atoms with Gasteiger partial charge in [-0.15, -0.1) is 0 Å². The minimum absolute atomic E-state index is 0.0443. The summed E-state index contributed by atoms with van der Waals surface area (Å²) < 4.78 is 17.2. The van der Waals surface area contributed by atoms with Crippen LogP contribution in [0.1, 0.15) is 27.6 Å². The van der Waals surface area contributed by atoms with E-state index >= 15 is 0 Å². The Bertz CT molecular complexity index is 1020. The molecule has 0 amide bonds. The lowest BCUT2D eigenvalue weighted by Gasteiger charge is -2.11. The second kappa shape index (κ2) is 9.39. The summed E-state index contributed by atoms with van der Waals surface area (Å²) in [5, 5.41) is 7.55. The fourth-order valence-electron chi connectivity index (χ4n) is 2.14. The van der Waals surface area contributed by atoms with Crippen LogP contribution >= 0.6 is 0 Å². The van der Waals surface area contributed by atoms with Gasteiger partial charge in [0.05, 0.1) is 22.4 Å². The van der Waals surface area contributed by atoms with Crippen LogP contribution < -0.4 is 0 Å². The Kier molecular flexibility index (Phi) is 6.96. The van der Waals surface area contributed by atoms with Crippen LogP contribution in [0.15, 0.2) is 76.8 Å². The molecule has 0 saturated heterocycles. The monoisotopic (exact) mass is 395 g/mol. The highest BCUT2D eigenvalue weighted by molar-refractivity contribution is 8.22. The zero-order valence-corrected chi connectivity index (χ0v) is 15.8. The van der Waals surface area contributed by atoms with Gasteiger partial charge in [-0.05, 0) is 6.92 Å². The third-order valence-electron chi connectivity index (χ3n) is 3.51. The van der Waals surface area contributed by atoms with Crippen LogP contribution in [0.3, 0.4) is 0 Å². The molecule has 0 atom stereocenters. The van der Waals surface area contributed by atoms with E-state index in [0.29, 0.717) is 0 Å². The summed E-state index contributed by atoms with van der Waals surface area (Å²) in [6.45, 7) is 1.62. The molecule has 0 aliphatic carbocycles. The first-order valence-corrected chi connectivity index (χ1v) is 9.79. The predicted octanol–water partition coefficient (Wildman–Crippen LogP) is 3.74. The summed E-state index contributed by atoms with van der Waals surface area (Å²) in [7, 11) is -3.69. The van der Waals surface area contributed by atoms with Crippen molar-refractivity contribution >= 4 is 25.8 Å². The van der Waals surface area contributed by atoms with Crippen molar-refractivity contribution in [1.82, 2.24) is 0 Å². The Hall–Kier alpha value is -3.57. The number of hydrogen-bond acceptors (Lipinski definition) is 7. The smallest absolute Gasteiger partial charge is 0.350 e. The number of carbonyl (C=O) groups excluding carboxylic acids is 3. The SMILES string of the molecule is CCOC(=O)/C(C#N)=C\N=S(=N)(C(=O)c1ccccc1)C(=O)c1ccccc1. The molecule has 2 aromatic carbocycles. The van der Waals surface area contributed by atoms with E-state index in [9.17, 15) is 14.4 Å². The second-order valence-corrected chi connectivity index (χ2v) is 7.48. The molecule has 8 heteroatoms. The van der Waals surface area contributed by atoms with E-state index in [1.807, 2.05) is 0 Å². The van der Waals surface area contributed by atoms with Crippen molar-refractivity contribution in [3.63, 3.8) is 0 Å². The Labute approximate surface area is 162 Å². The fourth-order valence-corrected chi connectivity index (χ4v) is 3.72. The first-order chi connectivity index (χ1) is 13.4. The van der Waals surface area contributed by atoms with Crippen molar-refractivity contribution in [3.05, 3.63) is 83.6 Å². The third kappa shape index (κ3) is 4.58. The van der Waals surface area contributed by atoms with Crippen molar-refractivity contribution in [2.45, 2.75) is 6.92 Å². The number of hydrogen-bond donors (Lipinski definition) is 1. The molecule has 0 bridgehead atoms. The molecule has 1 N–H and O–H groups in total. The topological polar surface area (TPSA) is 120 Å². The Balaban J connectivity index is 2.64. The average molecular weight is 395 g/mol. The highest BCUT2D eigenvalue weighted by Crippen LogP contribution is 2.17. The van der Waals surface area contributed by atoms with Gasteiger partial charge in [-0.25, -0.2) is 9.16 Å². The number of rotatable bonds is 5. The summed E-state index contributed by atoms with van der Waals surface area (Å²) in [5.74, 6) is -0.935. The molecule has 0 aromatic heterocycles. The summed E-state index contributed by atoms with van der Waals surface area (Å²) >= 11 is 0. The van der Waals surface area contributed by atoms with Gasteiger partial charge < -0.3 is 4.74 Å². The van der Waals surface area contributed by atoms with E-state index in [2.05, 4.69) is 4.36 Å². The molecule has 0 spiro atoms. The van der Waals surface area contributed by atoms with E-state index < -0.39 is 31.4 Å². The van der Waals surface area contributed by atoms with Gasteiger partial charge in [0.25, 0.3) is 0 Å². The number of nitriles is 1. The Morgan fingerprint density at radius 2 is 1.50 bits per heavy atom. The molecule has 28 heavy (non-hydrogen) atoms. The first kappa shape index (κ1) is 20.7. The van der Waals surface area contributed by atoms with E-state index in [1.54, 1.807) is 49.4 Å². The Morgan fingerprint density at radius 1 is 1.04 bits per heavy atom. The van der Waals surface area contributed by atoms with Gasteiger partial charge in [-0.2, -0.15) is 5.26 Å². The zero-order valence-electron chi connectivity index (χ0n) is 15.0. The largest absolute Gasteiger partial charge is 0.462 e. The average Bonchev–Trinajstić information content (AvgIpc) is 2.74. The molecule has 2 aromatic rings. The summed E-state index contributed by atoms with van der Waals surface area (Å²) in [4.78, 5) is 37.7. The molecule has 0 saturated carbocycles. The maximum Gasteiger partial charge on any atom is 0.350 e. The van der Waals surface area contributed by atoms with E-state index in [-0.39, 0.29) is 17.7 Å².